The Morgan fingerprint density at radius 2 is 2.15 bits per heavy atom. The lowest BCUT2D eigenvalue weighted by atomic mass is 10.1. The molecule has 7 heteroatoms. The topological polar surface area (TPSA) is 58.8 Å². The maximum Gasteiger partial charge on any atom is 0.409 e. The summed E-state index contributed by atoms with van der Waals surface area (Å²) in [4.78, 5) is 16.9. The molecule has 5 nitrogen and oxygen atoms in total. The molecule has 0 aromatic carbocycles. The highest BCUT2D eigenvalue weighted by molar-refractivity contribution is 7.16. The number of piperazine rings is 1. The fraction of sp³-hybridized carbons (Fsp3) is 0.615. The molecule has 1 aromatic rings. The van der Waals surface area contributed by atoms with Gasteiger partial charge in [0.1, 0.15) is 0 Å². The van der Waals surface area contributed by atoms with Crippen molar-refractivity contribution in [3.05, 3.63) is 21.3 Å². The van der Waals surface area contributed by atoms with E-state index in [1.54, 1.807) is 16.2 Å². The van der Waals surface area contributed by atoms with Crippen molar-refractivity contribution in [2.24, 2.45) is 5.73 Å². The number of amides is 1. The van der Waals surface area contributed by atoms with Gasteiger partial charge in [-0.15, -0.1) is 11.3 Å². The molecule has 112 valence electrons. The quantitative estimate of drug-likeness (QED) is 0.924. The average Bonchev–Trinajstić information content (AvgIpc) is 2.87. The Labute approximate surface area is 128 Å². The van der Waals surface area contributed by atoms with Gasteiger partial charge in [-0.1, -0.05) is 11.6 Å². The zero-order chi connectivity index (χ0) is 14.5. The SMILES string of the molecule is CCOC(=O)N1CCN(C(CN)c2ccc(Cl)s2)CC1. The standard InChI is InChI=1S/C13H20ClN3O2S/c1-2-19-13(18)17-7-5-16(6-8-17)10(9-15)11-3-4-12(14)20-11/h3-4,10H,2,5-9,15H2,1H3. The van der Waals surface area contributed by atoms with Crippen LogP contribution in [0.2, 0.25) is 4.34 Å². The molecular weight excluding hydrogens is 298 g/mol. The largest absolute Gasteiger partial charge is 0.450 e. The fourth-order valence-corrected chi connectivity index (χ4v) is 3.59. The molecular formula is C13H20ClN3O2S. The van der Waals surface area contributed by atoms with Crippen LogP contribution in [0.15, 0.2) is 12.1 Å². The van der Waals surface area contributed by atoms with E-state index >= 15 is 0 Å². The van der Waals surface area contributed by atoms with Crippen LogP contribution in [0.4, 0.5) is 4.79 Å². The van der Waals surface area contributed by atoms with E-state index in [4.69, 9.17) is 22.1 Å². The van der Waals surface area contributed by atoms with Gasteiger partial charge in [-0.25, -0.2) is 4.79 Å². The summed E-state index contributed by atoms with van der Waals surface area (Å²) in [6.45, 7) is 5.74. The number of nitrogens with zero attached hydrogens (tertiary/aromatic N) is 2. The highest BCUT2D eigenvalue weighted by Gasteiger charge is 2.27. The van der Waals surface area contributed by atoms with Crippen molar-refractivity contribution in [3.63, 3.8) is 0 Å². The summed E-state index contributed by atoms with van der Waals surface area (Å²) in [5, 5.41) is 0. The van der Waals surface area contributed by atoms with Crippen molar-refractivity contribution in [2.45, 2.75) is 13.0 Å². The zero-order valence-corrected chi connectivity index (χ0v) is 13.1. The summed E-state index contributed by atoms with van der Waals surface area (Å²) >= 11 is 7.56. The number of thiophene rings is 1. The molecule has 0 saturated carbocycles. The molecule has 0 spiro atoms. The van der Waals surface area contributed by atoms with Crippen LogP contribution >= 0.6 is 22.9 Å². The molecule has 2 rings (SSSR count). The summed E-state index contributed by atoms with van der Waals surface area (Å²) in [5.74, 6) is 0. The molecule has 1 saturated heterocycles. The van der Waals surface area contributed by atoms with Crippen molar-refractivity contribution >= 4 is 29.0 Å². The monoisotopic (exact) mass is 317 g/mol. The number of nitrogens with two attached hydrogens (primary N) is 1. The molecule has 0 aliphatic carbocycles. The van der Waals surface area contributed by atoms with Gasteiger partial charge in [-0.3, -0.25) is 4.90 Å². The first kappa shape index (κ1) is 15.6. The normalized spacial score (nSPS) is 18.1. The van der Waals surface area contributed by atoms with Gasteiger partial charge in [0, 0.05) is 37.6 Å². The number of ether oxygens (including phenoxy) is 1. The molecule has 1 amide bonds. The molecule has 1 aromatic heterocycles. The summed E-state index contributed by atoms with van der Waals surface area (Å²) < 4.78 is 5.80. The summed E-state index contributed by atoms with van der Waals surface area (Å²) in [6.07, 6.45) is -0.226. The van der Waals surface area contributed by atoms with Crippen LogP contribution in [0.1, 0.15) is 17.8 Å². The van der Waals surface area contributed by atoms with Crippen LogP contribution in [0.3, 0.4) is 0 Å². The lowest BCUT2D eigenvalue weighted by Crippen LogP contribution is -2.50. The number of carbonyl (C=O) groups is 1. The van der Waals surface area contributed by atoms with Gasteiger partial charge in [0.05, 0.1) is 17.0 Å². The Morgan fingerprint density at radius 3 is 2.65 bits per heavy atom. The van der Waals surface area contributed by atoms with E-state index in [2.05, 4.69) is 4.90 Å². The molecule has 1 unspecified atom stereocenters. The van der Waals surface area contributed by atoms with E-state index in [-0.39, 0.29) is 12.1 Å². The van der Waals surface area contributed by atoms with Crippen molar-refractivity contribution < 1.29 is 9.53 Å². The molecule has 0 radical (unpaired) electrons. The number of hydrogen-bond donors (Lipinski definition) is 1. The third-order valence-corrected chi connectivity index (χ3v) is 4.76. The minimum atomic E-state index is -0.226. The third-order valence-electron chi connectivity index (χ3n) is 3.43. The maximum absolute atomic E-state index is 11.7. The second-order valence-electron chi connectivity index (χ2n) is 4.62. The third kappa shape index (κ3) is 3.63. The first-order chi connectivity index (χ1) is 9.65. The summed E-state index contributed by atoms with van der Waals surface area (Å²) in [5.41, 5.74) is 5.90. The molecule has 1 aliphatic rings. The predicted molar refractivity (Wildman–Crippen MR) is 81.3 cm³/mol. The van der Waals surface area contributed by atoms with Gasteiger partial charge in [-0.05, 0) is 19.1 Å². The maximum atomic E-state index is 11.7. The van der Waals surface area contributed by atoms with Crippen LogP contribution in [-0.2, 0) is 4.74 Å². The van der Waals surface area contributed by atoms with Crippen molar-refractivity contribution in [3.8, 4) is 0 Å². The smallest absolute Gasteiger partial charge is 0.409 e. The molecule has 2 heterocycles. The van der Waals surface area contributed by atoms with E-state index in [0.29, 0.717) is 26.2 Å². The van der Waals surface area contributed by atoms with E-state index in [1.165, 1.54) is 4.88 Å². The first-order valence-corrected chi connectivity index (χ1v) is 7.96. The van der Waals surface area contributed by atoms with Gasteiger partial charge in [0.2, 0.25) is 0 Å². The number of rotatable bonds is 4. The first-order valence-electron chi connectivity index (χ1n) is 6.76. The highest BCUT2D eigenvalue weighted by atomic mass is 35.5. The molecule has 20 heavy (non-hydrogen) atoms. The van der Waals surface area contributed by atoms with Crippen LogP contribution in [-0.4, -0.2) is 55.2 Å². The zero-order valence-electron chi connectivity index (χ0n) is 11.5. The van der Waals surface area contributed by atoms with Crippen LogP contribution in [0.5, 0.6) is 0 Å². The van der Waals surface area contributed by atoms with Crippen LogP contribution in [0, 0.1) is 0 Å². The lowest BCUT2D eigenvalue weighted by Gasteiger charge is -2.38. The Bertz CT molecular complexity index is 447. The Kier molecular flexibility index (Phi) is 5.65. The highest BCUT2D eigenvalue weighted by Crippen LogP contribution is 2.30. The van der Waals surface area contributed by atoms with Gasteiger partial charge in [-0.2, -0.15) is 0 Å². The summed E-state index contributed by atoms with van der Waals surface area (Å²) in [7, 11) is 0. The van der Waals surface area contributed by atoms with Gasteiger partial charge in [0.15, 0.2) is 0 Å². The number of hydrogen-bond acceptors (Lipinski definition) is 5. The Morgan fingerprint density at radius 1 is 1.45 bits per heavy atom. The minimum absolute atomic E-state index is 0.178. The van der Waals surface area contributed by atoms with Crippen molar-refractivity contribution in [2.75, 3.05) is 39.3 Å². The van der Waals surface area contributed by atoms with Crippen LogP contribution in [0.25, 0.3) is 0 Å². The van der Waals surface area contributed by atoms with Gasteiger partial charge < -0.3 is 15.4 Å². The van der Waals surface area contributed by atoms with Crippen LogP contribution < -0.4 is 5.73 Å². The predicted octanol–water partition coefficient (Wildman–Crippen LogP) is 2.18. The van der Waals surface area contributed by atoms with E-state index in [9.17, 15) is 4.79 Å². The van der Waals surface area contributed by atoms with Crippen molar-refractivity contribution in [1.29, 1.82) is 0 Å². The number of halogens is 1. The van der Waals surface area contributed by atoms with Crippen molar-refractivity contribution in [1.82, 2.24) is 9.80 Å². The Hall–Kier alpha value is -0.820. The Balaban J connectivity index is 1.93. The summed E-state index contributed by atoms with van der Waals surface area (Å²) in [6, 6.07) is 4.11. The second-order valence-corrected chi connectivity index (χ2v) is 6.36. The van der Waals surface area contributed by atoms with Gasteiger partial charge in [0.25, 0.3) is 0 Å². The lowest BCUT2D eigenvalue weighted by molar-refractivity contribution is 0.0676. The minimum Gasteiger partial charge on any atom is -0.450 e. The fourth-order valence-electron chi connectivity index (χ4n) is 2.38. The molecule has 1 aliphatic heterocycles. The molecule has 0 bridgehead atoms. The molecule has 1 fully saturated rings. The number of carbonyl (C=O) groups excluding carboxylic acids is 1. The average molecular weight is 318 g/mol. The van der Waals surface area contributed by atoms with E-state index in [0.717, 1.165) is 17.4 Å². The van der Waals surface area contributed by atoms with E-state index < -0.39 is 0 Å². The van der Waals surface area contributed by atoms with E-state index in [1.807, 2.05) is 19.1 Å². The molecule has 2 N–H and O–H groups in total. The molecule has 1 atom stereocenters. The second kappa shape index (κ2) is 7.26. The van der Waals surface area contributed by atoms with Gasteiger partial charge >= 0.3 is 6.09 Å².